The van der Waals surface area contributed by atoms with Crippen LogP contribution in [0.25, 0.3) is 22.0 Å². The molecule has 0 amide bonds. The van der Waals surface area contributed by atoms with E-state index in [0.717, 1.165) is 12.1 Å². The van der Waals surface area contributed by atoms with Crippen molar-refractivity contribution in [3.8, 4) is 16.9 Å². The molecule has 0 saturated heterocycles. The van der Waals surface area contributed by atoms with Crippen molar-refractivity contribution in [1.82, 2.24) is 4.98 Å². The van der Waals surface area contributed by atoms with E-state index in [1.807, 2.05) is 0 Å². The van der Waals surface area contributed by atoms with Crippen LogP contribution in [0.4, 0.5) is 17.6 Å². The highest BCUT2D eigenvalue weighted by molar-refractivity contribution is 5.85. The lowest BCUT2D eigenvalue weighted by atomic mass is 10.0. The third-order valence-corrected chi connectivity index (χ3v) is 3.28. The van der Waals surface area contributed by atoms with E-state index in [2.05, 4.69) is 4.98 Å². The lowest BCUT2D eigenvalue weighted by Crippen LogP contribution is -2.05. The van der Waals surface area contributed by atoms with E-state index in [1.165, 1.54) is 18.3 Å². The summed E-state index contributed by atoms with van der Waals surface area (Å²) in [6, 6.07) is 8.49. The number of alkyl halides is 3. The summed E-state index contributed by atoms with van der Waals surface area (Å²) >= 11 is 0. The van der Waals surface area contributed by atoms with Crippen LogP contribution in [0.2, 0.25) is 0 Å². The van der Waals surface area contributed by atoms with Gasteiger partial charge in [-0.3, -0.25) is 4.98 Å². The quantitative estimate of drug-likeness (QED) is 0.617. The fourth-order valence-corrected chi connectivity index (χ4v) is 2.18. The van der Waals surface area contributed by atoms with Crippen molar-refractivity contribution in [3.63, 3.8) is 0 Å². The number of fused-ring (bicyclic) bond motifs is 1. The maximum atomic E-state index is 14.0. The van der Waals surface area contributed by atoms with Gasteiger partial charge in [0.1, 0.15) is 11.6 Å². The second kappa shape index (κ2) is 6.04. The molecule has 0 aliphatic rings. The van der Waals surface area contributed by atoms with E-state index in [0.29, 0.717) is 22.5 Å². The third kappa shape index (κ3) is 3.37. The molecule has 3 rings (SSSR count). The molecule has 2 aromatic carbocycles. The van der Waals surface area contributed by atoms with Gasteiger partial charge in [0.25, 0.3) is 0 Å². The first-order chi connectivity index (χ1) is 10.3. The summed E-state index contributed by atoms with van der Waals surface area (Å²) in [7, 11) is 0. The molecule has 1 heterocycles. The number of rotatable bonds is 1. The number of pyridine rings is 1. The first kappa shape index (κ1) is 17.0. The number of hydrogen-bond acceptors (Lipinski definition) is 2. The molecule has 0 radical (unpaired) electrons. The molecule has 1 N–H and O–H groups in total. The Bertz CT molecular complexity index is 864. The van der Waals surface area contributed by atoms with E-state index in [9.17, 15) is 22.7 Å². The molecule has 7 heteroatoms. The second-order valence-corrected chi connectivity index (χ2v) is 4.79. The van der Waals surface area contributed by atoms with Crippen LogP contribution in [0, 0.1) is 5.82 Å². The zero-order valence-corrected chi connectivity index (χ0v) is 12.2. The van der Waals surface area contributed by atoms with Gasteiger partial charge in [0.15, 0.2) is 0 Å². The minimum absolute atomic E-state index is 0. The maximum absolute atomic E-state index is 14.0. The summed E-state index contributed by atoms with van der Waals surface area (Å²) in [5, 5.41) is 10.0. The number of halogens is 5. The second-order valence-electron chi connectivity index (χ2n) is 4.79. The number of aromatic hydroxyl groups is 1. The van der Waals surface area contributed by atoms with Crippen molar-refractivity contribution in [2.75, 3.05) is 0 Å². The van der Waals surface area contributed by atoms with Gasteiger partial charge in [0.05, 0.1) is 11.1 Å². The van der Waals surface area contributed by atoms with Crippen LogP contribution < -0.4 is 0 Å². The summed E-state index contributed by atoms with van der Waals surface area (Å²) < 4.78 is 51.6. The highest BCUT2D eigenvalue weighted by Gasteiger charge is 2.31. The Morgan fingerprint density at radius 3 is 2.35 bits per heavy atom. The van der Waals surface area contributed by atoms with Gasteiger partial charge in [-0.25, -0.2) is 4.39 Å². The van der Waals surface area contributed by atoms with Crippen molar-refractivity contribution < 1.29 is 22.7 Å². The van der Waals surface area contributed by atoms with Gasteiger partial charge in [0, 0.05) is 28.8 Å². The van der Waals surface area contributed by atoms with Crippen molar-refractivity contribution in [2.24, 2.45) is 0 Å². The predicted octanol–water partition coefficient (Wildman–Crippen LogP) is 5.19. The first-order valence-electron chi connectivity index (χ1n) is 6.30. The summed E-state index contributed by atoms with van der Waals surface area (Å²) in [4.78, 5) is 4.08. The van der Waals surface area contributed by atoms with Crippen LogP contribution >= 0.6 is 12.4 Å². The third-order valence-electron chi connectivity index (χ3n) is 3.28. The summed E-state index contributed by atoms with van der Waals surface area (Å²) in [6.07, 6.45) is -3.23. The van der Waals surface area contributed by atoms with Crippen molar-refractivity contribution in [3.05, 3.63) is 60.0 Å². The Morgan fingerprint density at radius 2 is 1.70 bits per heavy atom. The number of nitrogens with zero attached hydrogens (tertiary/aromatic N) is 1. The molecule has 0 spiro atoms. The zero-order chi connectivity index (χ0) is 15.9. The smallest absolute Gasteiger partial charge is 0.416 e. The standard InChI is InChI=1S/C16H9F4NO.ClH/c17-14-6-11(16(18,19)20)2-4-13(14)10-5-9-1-3-12(22)7-15(9)21-8-10;/h1-8,22H;1H. The number of hydrogen-bond donors (Lipinski definition) is 1. The molecule has 23 heavy (non-hydrogen) atoms. The van der Waals surface area contributed by atoms with Gasteiger partial charge < -0.3 is 5.11 Å². The van der Waals surface area contributed by atoms with Gasteiger partial charge >= 0.3 is 6.18 Å². The predicted molar refractivity (Wildman–Crippen MR) is 81.1 cm³/mol. The molecule has 0 aliphatic heterocycles. The van der Waals surface area contributed by atoms with Gasteiger partial charge in [-0.2, -0.15) is 13.2 Å². The molecule has 1 aromatic heterocycles. The highest BCUT2D eigenvalue weighted by atomic mass is 35.5. The van der Waals surface area contributed by atoms with E-state index < -0.39 is 17.6 Å². The van der Waals surface area contributed by atoms with E-state index in [4.69, 9.17) is 0 Å². The molecular weight excluding hydrogens is 334 g/mol. The van der Waals surface area contributed by atoms with Crippen molar-refractivity contribution >= 4 is 23.3 Å². The average Bonchev–Trinajstić information content (AvgIpc) is 2.45. The van der Waals surface area contributed by atoms with E-state index in [1.54, 1.807) is 12.1 Å². The fraction of sp³-hybridized carbons (Fsp3) is 0.0625. The van der Waals surface area contributed by atoms with Crippen LogP contribution in [-0.4, -0.2) is 10.1 Å². The first-order valence-corrected chi connectivity index (χ1v) is 6.30. The number of phenols is 1. The molecule has 2 nitrogen and oxygen atoms in total. The molecule has 0 bridgehead atoms. The number of benzene rings is 2. The van der Waals surface area contributed by atoms with Gasteiger partial charge in [-0.15, -0.1) is 12.4 Å². The number of phenolic OH excluding ortho intramolecular Hbond substituents is 1. The molecule has 3 aromatic rings. The van der Waals surface area contributed by atoms with Crippen LogP contribution in [0.1, 0.15) is 5.56 Å². The maximum Gasteiger partial charge on any atom is 0.416 e. The van der Waals surface area contributed by atoms with E-state index >= 15 is 0 Å². The van der Waals surface area contributed by atoms with Crippen molar-refractivity contribution in [1.29, 1.82) is 0 Å². The Hall–Kier alpha value is -2.34. The Balaban J connectivity index is 0.00000192. The lowest BCUT2D eigenvalue weighted by molar-refractivity contribution is -0.137. The molecule has 0 atom stereocenters. The Labute approximate surface area is 134 Å². The SMILES string of the molecule is Cl.Oc1ccc2cc(-c3ccc(C(F)(F)F)cc3F)cnc2c1. The van der Waals surface area contributed by atoms with Gasteiger partial charge in [-0.1, -0.05) is 6.07 Å². The summed E-state index contributed by atoms with van der Waals surface area (Å²) in [6.45, 7) is 0. The van der Waals surface area contributed by atoms with Crippen LogP contribution in [0.5, 0.6) is 5.75 Å². The zero-order valence-electron chi connectivity index (χ0n) is 11.4. The Morgan fingerprint density at radius 1 is 0.957 bits per heavy atom. The molecule has 0 aliphatic carbocycles. The van der Waals surface area contributed by atoms with Crippen LogP contribution in [0.3, 0.4) is 0 Å². The van der Waals surface area contributed by atoms with Crippen LogP contribution in [-0.2, 0) is 6.18 Å². The largest absolute Gasteiger partial charge is 0.508 e. The van der Waals surface area contributed by atoms with Crippen molar-refractivity contribution in [2.45, 2.75) is 6.18 Å². The molecule has 0 unspecified atom stereocenters. The van der Waals surface area contributed by atoms with Gasteiger partial charge in [-0.05, 0) is 30.3 Å². The normalized spacial score (nSPS) is 11.3. The van der Waals surface area contributed by atoms with Gasteiger partial charge in [0.2, 0.25) is 0 Å². The Kier molecular flexibility index (Phi) is 4.47. The van der Waals surface area contributed by atoms with E-state index in [-0.39, 0.29) is 23.7 Å². The molecular formula is C16H10ClF4NO. The minimum Gasteiger partial charge on any atom is -0.508 e. The topological polar surface area (TPSA) is 33.1 Å². The highest BCUT2D eigenvalue weighted by Crippen LogP contribution is 2.33. The fourth-order valence-electron chi connectivity index (χ4n) is 2.18. The molecule has 120 valence electrons. The molecule has 0 fully saturated rings. The lowest BCUT2D eigenvalue weighted by Gasteiger charge is -2.09. The molecule has 0 saturated carbocycles. The van der Waals surface area contributed by atoms with Crippen LogP contribution in [0.15, 0.2) is 48.7 Å². The summed E-state index contributed by atoms with van der Waals surface area (Å²) in [5.41, 5.74) is -0.122. The number of aromatic nitrogens is 1. The monoisotopic (exact) mass is 343 g/mol. The minimum atomic E-state index is -4.58. The summed E-state index contributed by atoms with van der Waals surface area (Å²) in [5.74, 6) is -0.914. The average molecular weight is 344 g/mol.